The number of amides is 2. The predicted molar refractivity (Wildman–Crippen MR) is 162 cm³/mol. The molecule has 2 amide bonds. The molecule has 1 aliphatic rings. The van der Waals surface area contributed by atoms with Crippen molar-refractivity contribution in [2.75, 3.05) is 30.3 Å². The summed E-state index contributed by atoms with van der Waals surface area (Å²) in [6.07, 6.45) is 6.21. The van der Waals surface area contributed by atoms with Gasteiger partial charge in [-0.2, -0.15) is 5.10 Å². The van der Waals surface area contributed by atoms with Crippen LogP contribution in [0, 0.1) is 6.92 Å². The van der Waals surface area contributed by atoms with E-state index in [0.29, 0.717) is 5.82 Å². The number of fused-ring (bicyclic) bond motifs is 1. The van der Waals surface area contributed by atoms with Crippen LogP contribution in [0.15, 0.2) is 66.7 Å². The van der Waals surface area contributed by atoms with E-state index in [1.807, 2.05) is 35.0 Å². The minimum atomic E-state index is -0.285. The molecule has 5 rings (SSSR count). The molecule has 0 radical (unpaired) electrons. The summed E-state index contributed by atoms with van der Waals surface area (Å²) in [5, 5.41) is 13.3. The zero-order valence-electron chi connectivity index (χ0n) is 23.8. The third kappa shape index (κ3) is 6.51. The minimum Gasteiger partial charge on any atom is -0.307 e. The minimum absolute atomic E-state index is 0.150. The number of aryl methyl sites for hydroxylation is 2. The Bertz CT molecular complexity index is 1430. The second-order valence-corrected chi connectivity index (χ2v) is 11.8. The third-order valence-corrected chi connectivity index (χ3v) is 7.63. The maximum absolute atomic E-state index is 13.3. The number of benzene rings is 3. The molecule has 2 heterocycles. The Balaban J connectivity index is 1.33. The molecule has 1 fully saturated rings. The molecule has 6 heteroatoms. The van der Waals surface area contributed by atoms with Gasteiger partial charge in [0.15, 0.2) is 0 Å². The highest BCUT2D eigenvalue weighted by atomic mass is 16.2. The van der Waals surface area contributed by atoms with E-state index >= 15 is 0 Å². The standard InChI is InChI=1S/C33H41N5O/c1-24-14-17-26(18-15-24)38-31(23-30(36-38)33(2,3)4)35-32(39)34-29-19-16-25(27-12-6-7-13-28(27)29)11-10-22-37-20-8-5-9-21-37/h6-7,12-19,23H,5,8-11,20-22H2,1-4H3,(H2,34,35,39). The Morgan fingerprint density at radius 2 is 1.62 bits per heavy atom. The molecule has 3 aromatic carbocycles. The highest BCUT2D eigenvalue weighted by Crippen LogP contribution is 2.29. The molecule has 0 bridgehead atoms. The van der Waals surface area contributed by atoms with Gasteiger partial charge in [-0.15, -0.1) is 0 Å². The van der Waals surface area contributed by atoms with E-state index in [-0.39, 0.29) is 11.4 Å². The molecule has 0 atom stereocenters. The van der Waals surface area contributed by atoms with Crippen molar-refractivity contribution in [2.45, 2.75) is 65.2 Å². The number of nitrogens with one attached hydrogen (secondary N) is 2. The van der Waals surface area contributed by atoms with Crippen molar-refractivity contribution in [3.05, 3.63) is 83.6 Å². The zero-order valence-corrected chi connectivity index (χ0v) is 23.8. The molecular formula is C33H41N5O. The van der Waals surface area contributed by atoms with Gasteiger partial charge in [-0.05, 0) is 81.4 Å². The molecule has 1 aromatic heterocycles. The fraction of sp³-hybridized carbons (Fsp3) is 0.394. The number of likely N-dealkylation sites (tertiary alicyclic amines) is 1. The van der Waals surface area contributed by atoms with Gasteiger partial charge in [0, 0.05) is 16.9 Å². The number of nitrogens with zero attached hydrogens (tertiary/aromatic N) is 3. The van der Waals surface area contributed by atoms with Crippen molar-refractivity contribution >= 4 is 28.3 Å². The topological polar surface area (TPSA) is 62.2 Å². The SMILES string of the molecule is Cc1ccc(-n2nc(C(C)(C)C)cc2NC(=O)Nc2ccc(CCCN3CCCCC3)c3ccccc23)cc1. The van der Waals surface area contributed by atoms with Crippen molar-refractivity contribution < 1.29 is 4.79 Å². The number of hydrogen-bond donors (Lipinski definition) is 2. The van der Waals surface area contributed by atoms with E-state index in [1.54, 1.807) is 0 Å². The van der Waals surface area contributed by atoms with Gasteiger partial charge in [-0.25, -0.2) is 9.48 Å². The molecule has 204 valence electrons. The lowest BCUT2D eigenvalue weighted by atomic mass is 9.92. The molecule has 0 spiro atoms. The molecule has 2 N–H and O–H groups in total. The van der Waals surface area contributed by atoms with Gasteiger partial charge in [0.1, 0.15) is 5.82 Å². The lowest BCUT2D eigenvalue weighted by Crippen LogP contribution is -2.30. The second kappa shape index (κ2) is 11.6. The summed E-state index contributed by atoms with van der Waals surface area (Å²) in [7, 11) is 0. The fourth-order valence-corrected chi connectivity index (χ4v) is 5.35. The molecular weight excluding hydrogens is 482 g/mol. The maximum Gasteiger partial charge on any atom is 0.324 e. The van der Waals surface area contributed by atoms with E-state index in [9.17, 15) is 4.79 Å². The number of urea groups is 1. The summed E-state index contributed by atoms with van der Waals surface area (Å²) in [5.74, 6) is 0.639. The van der Waals surface area contributed by atoms with Crippen LogP contribution in [0.5, 0.6) is 0 Å². The summed E-state index contributed by atoms with van der Waals surface area (Å²) < 4.78 is 1.81. The van der Waals surface area contributed by atoms with Gasteiger partial charge in [0.2, 0.25) is 0 Å². The van der Waals surface area contributed by atoms with E-state index in [2.05, 4.69) is 79.6 Å². The largest absolute Gasteiger partial charge is 0.324 e. The fourth-order valence-electron chi connectivity index (χ4n) is 5.35. The number of rotatable bonds is 7. The van der Waals surface area contributed by atoms with Crippen molar-refractivity contribution in [3.8, 4) is 5.69 Å². The quantitative estimate of drug-likeness (QED) is 0.261. The van der Waals surface area contributed by atoms with Crippen LogP contribution < -0.4 is 10.6 Å². The smallest absolute Gasteiger partial charge is 0.307 e. The first-order chi connectivity index (χ1) is 18.8. The monoisotopic (exact) mass is 523 g/mol. The number of carbonyl (C=O) groups excluding carboxylic acids is 1. The van der Waals surface area contributed by atoms with Gasteiger partial charge >= 0.3 is 6.03 Å². The lowest BCUT2D eigenvalue weighted by Gasteiger charge is -2.26. The van der Waals surface area contributed by atoms with Crippen LogP contribution in [0.2, 0.25) is 0 Å². The third-order valence-electron chi connectivity index (χ3n) is 7.63. The number of carbonyl (C=O) groups is 1. The lowest BCUT2D eigenvalue weighted by molar-refractivity contribution is 0.226. The predicted octanol–water partition coefficient (Wildman–Crippen LogP) is 7.69. The van der Waals surface area contributed by atoms with Crippen LogP contribution >= 0.6 is 0 Å². The first-order valence-electron chi connectivity index (χ1n) is 14.3. The van der Waals surface area contributed by atoms with Gasteiger partial charge in [-0.1, -0.05) is 75.2 Å². The molecule has 6 nitrogen and oxygen atoms in total. The summed E-state index contributed by atoms with van der Waals surface area (Å²) in [6.45, 7) is 12.1. The van der Waals surface area contributed by atoms with Crippen LogP contribution in [-0.4, -0.2) is 40.3 Å². The number of anilines is 2. The van der Waals surface area contributed by atoms with E-state index in [4.69, 9.17) is 5.10 Å². The average molecular weight is 524 g/mol. The summed E-state index contributed by atoms with van der Waals surface area (Å²) in [4.78, 5) is 15.9. The van der Waals surface area contributed by atoms with E-state index < -0.39 is 0 Å². The highest BCUT2D eigenvalue weighted by molar-refractivity contribution is 6.06. The number of hydrogen-bond acceptors (Lipinski definition) is 3. The normalized spacial score (nSPS) is 14.5. The van der Waals surface area contributed by atoms with Crippen LogP contribution in [0.25, 0.3) is 16.5 Å². The van der Waals surface area contributed by atoms with E-state index in [0.717, 1.165) is 41.8 Å². The Labute approximate surface area is 232 Å². The summed E-state index contributed by atoms with van der Waals surface area (Å²) >= 11 is 0. The Kier molecular flexibility index (Phi) is 8.03. The summed E-state index contributed by atoms with van der Waals surface area (Å²) in [6, 6.07) is 22.4. The molecule has 0 unspecified atom stereocenters. The van der Waals surface area contributed by atoms with Crippen molar-refractivity contribution in [2.24, 2.45) is 0 Å². The first kappa shape index (κ1) is 26.9. The van der Waals surface area contributed by atoms with Crippen molar-refractivity contribution in [1.29, 1.82) is 0 Å². The van der Waals surface area contributed by atoms with Gasteiger partial charge < -0.3 is 10.2 Å². The molecule has 0 aliphatic carbocycles. The molecule has 1 saturated heterocycles. The van der Waals surface area contributed by atoms with Gasteiger partial charge in [-0.3, -0.25) is 5.32 Å². The van der Waals surface area contributed by atoms with Crippen LogP contribution in [0.4, 0.5) is 16.3 Å². The Morgan fingerprint density at radius 1 is 0.897 bits per heavy atom. The Morgan fingerprint density at radius 3 is 2.33 bits per heavy atom. The van der Waals surface area contributed by atoms with Crippen LogP contribution in [0.3, 0.4) is 0 Å². The van der Waals surface area contributed by atoms with Gasteiger partial charge in [0.25, 0.3) is 0 Å². The number of aromatic nitrogens is 2. The number of piperidine rings is 1. The van der Waals surface area contributed by atoms with Crippen molar-refractivity contribution in [3.63, 3.8) is 0 Å². The molecule has 1 aliphatic heterocycles. The van der Waals surface area contributed by atoms with Crippen molar-refractivity contribution in [1.82, 2.24) is 14.7 Å². The molecule has 39 heavy (non-hydrogen) atoms. The summed E-state index contributed by atoms with van der Waals surface area (Å²) in [5.41, 5.74) is 4.99. The second-order valence-electron chi connectivity index (χ2n) is 11.8. The van der Waals surface area contributed by atoms with Gasteiger partial charge in [0.05, 0.1) is 17.1 Å². The zero-order chi connectivity index (χ0) is 27.4. The highest BCUT2D eigenvalue weighted by Gasteiger charge is 2.22. The van der Waals surface area contributed by atoms with Crippen LogP contribution in [-0.2, 0) is 11.8 Å². The molecule has 0 saturated carbocycles. The first-order valence-corrected chi connectivity index (χ1v) is 14.3. The van der Waals surface area contributed by atoms with E-state index in [1.165, 1.54) is 48.9 Å². The molecule has 4 aromatic rings. The average Bonchev–Trinajstić information content (AvgIpc) is 3.35. The van der Waals surface area contributed by atoms with Crippen LogP contribution in [0.1, 0.15) is 63.3 Å². The maximum atomic E-state index is 13.3. The Hall–Kier alpha value is -3.64.